The number of halogens is 1. The van der Waals surface area contributed by atoms with Gasteiger partial charge in [0.2, 0.25) is 5.91 Å². The predicted octanol–water partition coefficient (Wildman–Crippen LogP) is 3.82. The topological polar surface area (TPSA) is 38.3 Å². The highest BCUT2D eigenvalue weighted by molar-refractivity contribution is 8.01. The molecule has 5 heteroatoms. The van der Waals surface area contributed by atoms with Crippen molar-refractivity contribution in [2.75, 3.05) is 18.2 Å². The molecule has 1 amide bonds. The van der Waals surface area contributed by atoms with Gasteiger partial charge in [0.05, 0.1) is 23.6 Å². The van der Waals surface area contributed by atoms with Crippen molar-refractivity contribution in [2.24, 2.45) is 0 Å². The molecule has 0 aliphatic rings. The van der Waals surface area contributed by atoms with Crippen molar-refractivity contribution in [1.29, 1.82) is 0 Å². The first-order chi connectivity index (χ1) is 8.31. The Morgan fingerprint density at radius 1 is 1.44 bits per heavy atom. The number of benzene rings is 1. The van der Waals surface area contributed by atoms with E-state index in [1.807, 2.05) is 0 Å². The lowest BCUT2D eigenvalue weighted by Gasteiger charge is -2.17. The second-order valence-corrected chi connectivity index (χ2v) is 7.00. The summed E-state index contributed by atoms with van der Waals surface area (Å²) in [4.78, 5) is 11.7. The van der Waals surface area contributed by atoms with Crippen molar-refractivity contribution in [1.82, 2.24) is 0 Å². The van der Waals surface area contributed by atoms with Gasteiger partial charge in [-0.1, -0.05) is 32.4 Å². The molecule has 3 nitrogen and oxygen atoms in total. The number of methoxy groups -OCH3 is 1. The molecular weight excluding hydrogens is 270 g/mol. The molecular formula is C13H18ClNO2S. The van der Waals surface area contributed by atoms with E-state index in [0.717, 1.165) is 0 Å². The molecule has 0 fully saturated rings. The van der Waals surface area contributed by atoms with Gasteiger partial charge in [0.25, 0.3) is 0 Å². The van der Waals surface area contributed by atoms with Crippen molar-refractivity contribution >= 4 is 35.0 Å². The first-order valence-electron chi connectivity index (χ1n) is 5.59. The zero-order valence-corrected chi connectivity index (χ0v) is 12.6. The maximum atomic E-state index is 11.7. The summed E-state index contributed by atoms with van der Waals surface area (Å²) in [5.41, 5.74) is 0.608. The van der Waals surface area contributed by atoms with Crippen LogP contribution in [-0.4, -0.2) is 23.5 Å². The molecule has 0 atom stereocenters. The SMILES string of the molecule is COc1ccc(NC(=O)CSC(C)(C)C)c(Cl)c1. The summed E-state index contributed by atoms with van der Waals surface area (Å²) in [6, 6.07) is 5.17. The Kier molecular flexibility index (Phi) is 5.35. The Morgan fingerprint density at radius 3 is 2.61 bits per heavy atom. The molecule has 1 aromatic carbocycles. The number of rotatable bonds is 4. The lowest BCUT2D eigenvalue weighted by Crippen LogP contribution is -2.19. The highest BCUT2D eigenvalue weighted by Crippen LogP contribution is 2.27. The molecule has 0 spiro atoms. The summed E-state index contributed by atoms with van der Waals surface area (Å²) < 4.78 is 5.12. The Labute approximate surface area is 117 Å². The summed E-state index contributed by atoms with van der Waals surface area (Å²) >= 11 is 7.64. The quantitative estimate of drug-likeness (QED) is 0.915. The van der Waals surface area contributed by atoms with E-state index in [2.05, 4.69) is 26.1 Å². The highest BCUT2D eigenvalue weighted by atomic mass is 35.5. The average molecular weight is 288 g/mol. The standard InChI is InChI=1S/C13H18ClNO2S/c1-13(2,3)18-8-12(16)15-11-6-5-9(17-4)7-10(11)14/h5-7H,8H2,1-4H3,(H,15,16). The normalized spacial score (nSPS) is 11.2. The van der Waals surface area contributed by atoms with E-state index in [1.54, 1.807) is 37.1 Å². The fourth-order valence-electron chi connectivity index (χ4n) is 1.19. The van der Waals surface area contributed by atoms with Crippen LogP contribution in [0.5, 0.6) is 5.75 Å². The minimum Gasteiger partial charge on any atom is -0.497 e. The van der Waals surface area contributed by atoms with Crippen LogP contribution in [0.1, 0.15) is 20.8 Å². The largest absolute Gasteiger partial charge is 0.497 e. The molecule has 0 saturated heterocycles. The number of carbonyl (C=O) groups is 1. The van der Waals surface area contributed by atoms with Crippen LogP contribution in [-0.2, 0) is 4.79 Å². The molecule has 0 heterocycles. The summed E-state index contributed by atoms with van der Waals surface area (Å²) in [5, 5.41) is 3.26. The number of amides is 1. The monoisotopic (exact) mass is 287 g/mol. The zero-order valence-electron chi connectivity index (χ0n) is 11.0. The maximum absolute atomic E-state index is 11.7. The van der Waals surface area contributed by atoms with Gasteiger partial charge < -0.3 is 10.1 Å². The van der Waals surface area contributed by atoms with Gasteiger partial charge in [0.15, 0.2) is 0 Å². The van der Waals surface area contributed by atoms with Crippen LogP contribution in [0.25, 0.3) is 0 Å². The van der Waals surface area contributed by atoms with Gasteiger partial charge in [0.1, 0.15) is 5.75 Å². The summed E-state index contributed by atoms with van der Waals surface area (Å²) in [6.45, 7) is 6.22. The predicted molar refractivity (Wildman–Crippen MR) is 78.8 cm³/mol. The van der Waals surface area contributed by atoms with E-state index in [0.29, 0.717) is 22.2 Å². The van der Waals surface area contributed by atoms with Gasteiger partial charge in [-0.2, -0.15) is 0 Å². The van der Waals surface area contributed by atoms with Crippen LogP contribution < -0.4 is 10.1 Å². The maximum Gasteiger partial charge on any atom is 0.234 e. The third-order valence-corrected chi connectivity index (χ3v) is 3.67. The summed E-state index contributed by atoms with van der Waals surface area (Å²) in [5.74, 6) is 1.02. The van der Waals surface area contributed by atoms with E-state index in [1.165, 1.54) is 0 Å². The molecule has 0 bridgehead atoms. The first-order valence-corrected chi connectivity index (χ1v) is 6.95. The molecule has 0 radical (unpaired) electrons. The Balaban J connectivity index is 2.59. The Bertz CT molecular complexity index is 429. The van der Waals surface area contributed by atoms with Crippen LogP contribution in [0.4, 0.5) is 5.69 Å². The van der Waals surface area contributed by atoms with Crippen molar-refractivity contribution < 1.29 is 9.53 Å². The van der Waals surface area contributed by atoms with E-state index in [4.69, 9.17) is 16.3 Å². The van der Waals surface area contributed by atoms with Crippen molar-refractivity contribution in [3.8, 4) is 5.75 Å². The second-order valence-electron chi connectivity index (χ2n) is 4.80. The van der Waals surface area contributed by atoms with Gasteiger partial charge in [0, 0.05) is 10.8 Å². The molecule has 1 rings (SSSR count). The molecule has 18 heavy (non-hydrogen) atoms. The molecule has 0 aliphatic heterocycles. The average Bonchev–Trinajstić information content (AvgIpc) is 2.28. The van der Waals surface area contributed by atoms with E-state index in [-0.39, 0.29) is 10.7 Å². The molecule has 1 N–H and O–H groups in total. The second kappa shape index (κ2) is 6.34. The lowest BCUT2D eigenvalue weighted by molar-refractivity contribution is -0.113. The molecule has 100 valence electrons. The van der Waals surface area contributed by atoms with Gasteiger partial charge in [-0.3, -0.25) is 4.79 Å². The number of carbonyl (C=O) groups excluding carboxylic acids is 1. The lowest BCUT2D eigenvalue weighted by atomic mass is 10.3. The number of hydrogen-bond acceptors (Lipinski definition) is 3. The number of nitrogens with one attached hydrogen (secondary N) is 1. The van der Waals surface area contributed by atoms with Crippen molar-refractivity contribution in [3.05, 3.63) is 23.2 Å². The van der Waals surface area contributed by atoms with Crippen LogP contribution in [0.2, 0.25) is 5.02 Å². The van der Waals surface area contributed by atoms with Gasteiger partial charge in [-0.25, -0.2) is 0 Å². The molecule has 0 saturated carbocycles. The smallest absolute Gasteiger partial charge is 0.234 e. The van der Waals surface area contributed by atoms with Crippen LogP contribution >= 0.6 is 23.4 Å². The number of anilines is 1. The molecule has 0 aromatic heterocycles. The molecule has 1 aromatic rings. The van der Waals surface area contributed by atoms with Gasteiger partial charge in [-0.05, 0) is 12.1 Å². The molecule has 0 aliphatic carbocycles. The Hall–Kier alpha value is -0.870. The summed E-state index contributed by atoms with van der Waals surface area (Å²) in [7, 11) is 1.57. The number of ether oxygens (including phenoxy) is 1. The minimum absolute atomic E-state index is 0.0537. The van der Waals surface area contributed by atoms with Crippen molar-refractivity contribution in [2.45, 2.75) is 25.5 Å². The van der Waals surface area contributed by atoms with E-state index < -0.39 is 0 Å². The third kappa shape index (κ3) is 5.19. The fourth-order valence-corrected chi connectivity index (χ4v) is 2.05. The fraction of sp³-hybridized carbons (Fsp3) is 0.462. The van der Waals surface area contributed by atoms with Crippen molar-refractivity contribution in [3.63, 3.8) is 0 Å². The Morgan fingerprint density at radius 2 is 2.11 bits per heavy atom. The molecule has 0 unspecified atom stereocenters. The third-order valence-electron chi connectivity index (χ3n) is 2.09. The van der Waals surface area contributed by atoms with Crippen LogP contribution in [0, 0.1) is 0 Å². The number of hydrogen-bond donors (Lipinski definition) is 1. The zero-order chi connectivity index (χ0) is 13.8. The van der Waals surface area contributed by atoms with E-state index in [9.17, 15) is 4.79 Å². The van der Waals surface area contributed by atoms with E-state index >= 15 is 0 Å². The minimum atomic E-state index is -0.0537. The summed E-state index contributed by atoms with van der Waals surface area (Å²) in [6.07, 6.45) is 0. The van der Waals surface area contributed by atoms with Gasteiger partial charge in [-0.15, -0.1) is 11.8 Å². The highest BCUT2D eigenvalue weighted by Gasteiger charge is 2.14. The first kappa shape index (κ1) is 15.2. The van der Waals surface area contributed by atoms with Gasteiger partial charge >= 0.3 is 0 Å². The number of thioether (sulfide) groups is 1. The van der Waals surface area contributed by atoms with Crippen LogP contribution in [0.3, 0.4) is 0 Å². The van der Waals surface area contributed by atoms with Crippen LogP contribution in [0.15, 0.2) is 18.2 Å².